The molecule has 2 N–H and O–H groups in total. The van der Waals surface area contributed by atoms with Crippen molar-refractivity contribution in [3.8, 4) is 0 Å². The minimum absolute atomic E-state index is 0.269. The number of nitrogens with one attached hydrogen (secondary N) is 1. The summed E-state index contributed by atoms with van der Waals surface area (Å²) >= 11 is -2.00. The molecule has 0 aliphatic carbocycles. The van der Waals surface area contributed by atoms with Crippen molar-refractivity contribution < 1.29 is 8.76 Å². The maximum absolute atomic E-state index is 11.9. The van der Waals surface area contributed by atoms with Gasteiger partial charge in [0.25, 0.3) is 0 Å². The Hall–Kier alpha value is -1.21. The molecule has 5 nitrogen and oxygen atoms in total. The van der Waals surface area contributed by atoms with E-state index in [1.165, 1.54) is 5.56 Å². The molecule has 3 aliphatic heterocycles. The lowest BCUT2D eigenvalue weighted by Crippen LogP contribution is -2.67. The molecule has 112 valence electrons. The van der Waals surface area contributed by atoms with E-state index in [1.54, 1.807) is 4.31 Å². The highest BCUT2D eigenvalue weighted by Gasteiger charge is 2.68. The Balaban J connectivity index is 1.98. The van der Waals surface area contributed by atoms with E-state index in [0.717, 1.165) is 24.2 Å². The van der Waals surface area contributed by atoms with E-state index >= 15 is 0 Å². The van der Waals surface area contributed by atoms with Gasteiger partial charge >= 0.3 is 0 Å². The molecular weight excluding hydrogens is 286 g/mol. The van der Waals surface area contributed by atoms with E-state index in [4.69, 9.17) is 0 Å². The number of fused-ring (bicyclic) bond motifs is 1. The quantitative estimate of drug-likeness (QED) is 0.608. The van der Waals surface area contributed by atoms with Crippen LogP contribution in [0.2, 0.25) is 0 Å². The zero-order valence-corrected chi connectivity index (χ0v) is 12.8. The Kier molecular flexibility index (Phi) is 2.67. The molecule has 4 rings (SSSR count). The molecule has 21 heavy (non-hydrogen) atoms. The number of rotatable bonds is 1. The van der Waals surface area contributed by atoms with Gasteiger partial charge in [0.2, 0.25) is 11.3 Å². The lowest BCUT2D eigenvalue weighted by Gasteiger charge is -2.51. The molecule has 0 radical (unpaired) electrons. The monoisotopic (exact) mass is 305 g/mol. The normalized spacial score (nSPS) is 36.8. The van der Waals surface area contributed by atoms with E-state index in [-0.39, 0.29) is 5.41 Å². The van der Waals surface area contributed by atoms with Crippen molar-refractivity contribution in [1.29, 1.82) is 0 Å². The Labute approximate surface area is 127 Å². The molecule has 1 unspecified atom stereocenters. The lowest BCUT2D eigenvalue weighted by molar-refractivity contribution is 0.117. The van der Waals surface area contributed by atoms with Crippen LogP contribution >= 0.6 is 0 Å². The highest BCUT2D eigenvalue weighted by molar-refractivity contribution is 7.76. The summed E-state index contributed by atoms with van der Waals surface area (Å²) in [6.07, 6.45) is 0.829. The van der Waals surface area contributed by atoms with Crippen LogP contribution in [-0.4, -0.2) is 50.3 Å². The van der Waals surface area contributed by atoms with Crippen LogP contribution in [0, 0.1) is 0 Å². The summed E-state index contributed by atoms with van der Waals surface area (Å²) in [4.78, 5) is 2.17. The predicted molar refractivity (Wildman–Crippen MR) is 83.2 cm³/mol. The molecule has 0 aromatic heterocycles. The fourth-order valence-electron chi connectivity index (χ4n) is 4.63. The molecule has 2 fully saturated rings. The Morgan fingerprint density at radius 3 is 2.95 bits per heavy atom. The molecule has 0 saturated carbocycles. The topological polar surface area (TPSA) is 55.8 Å². The number of anilines is 1. The molecule has 3 aliphatic rings. The van der Waals surface area contributed by atoms with Crippen LogP contribution in [0.3, 0.4) is 0 Å². The first kappa shape index (κ1) is 13.5. The van der Waals surface area contributed by atoms with Crippen molar-refractivity contribution >= 4 is 17.0 Å². The van der Waals surface area contributed by atoms with Gasteiger partial charge in [-0.1, -0.05) is 24.8 Å². The molecule has 0 amide bonds. The molecule has 1 aromatic carbocycles. The Bertz CT molecular complexity index is 664. The van der Waals surface area contributed by atoms with Crippen LogP contribution in [-0.2, 0) is 16.7 Å². The second-order valence-electron chi connectivity index (χ2n) is 6.29. The largest absolute Gasteiger partial charge is 0.364 e. The number of benzene rings is 1. The van der Waals surface area contributed by atoms with Crippen molar-refractivity contribution in [3.05, 3.63) is 42.0 Å². The third-order valence-corrected chi connectivity index (χ3v) is 6.17. The fraction of sp³-hybridized carbons (Fsp3) is 0.467. The van der Waals surface area contributed by atoms with Gasteiger partial charge in [0.05, 0.1) is 5.41 Å². The predicted octanol–water partition coefficient (Wildman–Crippen LogP) is 1.39. The Morgan fingerprint density at radius 2 is 2.19 bits per heavy atom. The van der Waals surface area contributed by atoms with Crippen molar-refractivity contribution in [1.82, 2.24) is 9.21 Å². The average Bonchev–Trinajstić information content (AvgIpc) is 2.88. The molecule has 3 heterocycles. The first-order chi connectivity index (χ1) is 10.0. The molecule has 0 bridgehead atoms. The van der Waals surface area contributed by atoms with Crippen LogP contribution < -0.4 is 5.32 Å². The fourth-order valence-corrected chi connectivity index (χ4v) is 5.40. The van der Waals surface area contributed by atoms with E-state index in [0.29, 0.717) is 13.1 Å². The van der Waals surface area contributed by atoms with Crippen LogP contribution in [0.15, 0.2) is 36.4 Å². The second kappa shape index (κ2) is 4.16. The maximum Gasteiger partial charge on any atom is 0.236 e. The zero-order valence-electron chi connectivity index (χ0n) is 12.0. The van der Waals surface area contributed by atoms with Gasteiger partial charge in [-0.25, -0.2) is 4.21 Å². The van der Waals surface area contributed by atoms with Crippen molar-refractivity contribution in [2.24, 2.45) is 0 Å². The average molecular weight is 305 g/mol. The van der Waals surface area contributed by atoms with Gasteiger partial charge in [-0.3, -0.25) is 9.45 Å². The van der Waals surface area contributed by atoms with Crippen molar-refractivity contribution in [2.75, 3.05) is 32.0 Å². The molecule has 1 aromatic rings. The van der Waals surface area contributed by atoms with Gasteiger partial charge in [-0.2, -0.15) is 4.31 Å². The zero-order chi connectivity index (χ0) is 14.8. The highest BCUT2D eigenvalue weighted by atomic mass is 32.2. The second-order valence-corrected chi connectivity index (χ2v) is 7.20. The van der Waals surface area contributed by atoms with Gasteiger partial charge in [-0.15, -0.1) is 0 Å². The summed E-state index contributed by atoms with van der Waals surface area (Å²) in [5.74, 6) is 0. The molecule has 0 spiro atoms. The minimum atomic E-state index is -2.00. The maximum atomic E-state index is 11.9. The number of nitrogens with zero attached hydrogens (tertiary/aromatic N) is 2. The van der Waals surface area contributed by atoms with E-state index in [9.17, 15) is 8.76 Å². The van der Waals surface area contributed by atoms with Gasteiger partial charge in [0.1, 0.15) is 5.66 Å². The number of hydrogen-bond donors (Lipinski definition) is 2. The highest BCUT2D eigenvalue weighted by Crippen LogP contribution is 2.60. The van der Waals surface area contributed by atoms with Crippen LogP contribution in [0.25, 0.3) is 0 Å². The summed E-state index contributed by atoms with van der Waals surface area (Å²) in [6.45, 7) is 6.46. The number of likely N-dealkylation sites (tertiary alicyclic amines) is 1. The smallest absolute Gasteiger partial charge is 0.236 e. The summed E-state index contributed by atoms with van der Waals surface area (Å²) in [5, 5.41) is 3.57. The number of hydrogen-bond acceptors (Lipinski definition) is 3. The van der Waals surface area contributed by atoms with Gasteiger partial charge in [0, 0.05) is 25.3 Å². The first-order valence-electron chi connectivity index (χ1n) is 7.14. The SMILES string of the molecule is C=C1CN(C)C[C@]23Nc4ccccc4[C@]12CCN3S(=O)O. The van der Waals surface area contributed by atoms with Crippen LogP contribution in [0.4, 0.5) is 5.69 Å². The summed E-state index contributed by atoms with van der Waals surface area (Å²) in [7, 11) is 2.03. The van der Waals surface area contributed by atoms with Crippen LogP contribution in [0.5, 0.6) is 0 Å². The summed E-state index contributed by atoms with van der Waals surface area (Å²) in [5.41, 5.74) is 2.57. The van der Waals surface area contributed by atoms with Gasteiger partial charge in [0.15, 0.2) is 0 Å². The van der Waals surface area contributed by atoms with E-state index < -0.39 is 16.9 Å². The minimum Gasteiger partial charge on any atom is -0.364 e. The Morgan fingerprint density at radius 1 is 1.43 bits per heavy atom. The summed E-state index contributed by atoms with van der Waals surface area (Å²) in [6, 6.07) is 8.22. The third-order valence-electron chi connectivity index (χ3n) is 5.30. The van der Waals surface area contributed by atoms with Gasteiger partial charge < -0.3 is 5.32 Å². The summed E-state index contributed by atoms with van der Waals surface area (Å²) < 4.78 is 23.4. The standard InChI is InChI=1S/C15H19N3O2S/c1-11-9-17(2)10-15-14(11,7-8-18(15)21(19)20)12-5-3-4-6-13(12)16-15/h3-6,16H,1,7-10H2,2H3,(H,19,20)/t14-,15+/m0/s1. The molecule has 3 atom stereocenters. The third kappa shape index (κ3) is 1.43. The van der Waals surface area contributed by atoms with Gasteiger partial charge in [-0.05, 0) is 30.7 Å². The number of piperidine rings is 1. The van der Waals surface area contributed by atoms with Crippen LogP contribution in [0.1, 0.15) is 12.0 Å². The van der Waals surface area contributed by atoms with Crippen molar-refractivity contribution in [2.45, 2.75) is 17.5 Å². The van der Waals surface area contributed by atoms with E-state index in [1.807, 2.05) is 25.2 Å². The molecule has 6 heteroatoms. The van der Waals surface area contributed by atoms with E-state index in [2.05, 4.69) is 22.9 Å². The van der Waals surface area contributed by atoms with Crippen molar-refractivity contribution in [3.63, 3.8) is 0 Å². The number of likely N-dealkylation sites (N-methyl/N-ethyl adjacent to an activating group) is 1. The molecular formula is C15H19N3O2S. The number of para-hydroxylation sites is 1. The lowest BCUT2D eigenvalue weighted by atomic mass is 9.65. The first-order valence-corrected chi connectivity index (χ1v) is 8.21. The molecule has 2 saturated heterocycles.